The van der Waals surface area contributed by atoms with Crippen LogP contribution in [0, 0.1) is 5.92 Å². The topological polar surface area (TPSA) is 20.3 Å². The van der Waals surface area contributed by atoms with Gasteiger partial charge in [0, 0.05) is 24.9 Å². The number of para-hydroxylation sites is 1. The van der Waals surface area contributed by atoms with Crippen molar-refractivity contribution in [1.29, 1.82) is 0 Å². The molecule has 0 unspecified atom stereocenters. The predicted octanol–water partition coefficient (Wildman–Crippen LogP) is 3.22. The Kier molecular flexibility index (Phi) is 2.31. The molecule has 2 aliphatic rings. The summed E-state index contributed by atoms with van der Waals surface area (Å²) < 4.78 is 1.46. The number of hydrogen-bond acceptors (Lipinski definition) is 1. The largest absolute Gasteiger partial charge is 0.311 e. The van der Waals surface area contributed by atoms with E-state index < -0.39 is 0 Å². The first-order chi connectivity index (χ1) is 7.68. The van der Waals surface area contributed by atoms with Gasteiger partial charge in [-0.15, -0.1) is 0 Å². The Labute approximate surface area is 108 Å². The minimum absolute atomic E-state index is 0.147. The molecular formula is C13H12INO. The average Bonchev–Trinajstić information content (AvgIpc) is 2.25. The monoisotopic (exact) mass is 325 g/mol. The third-order valence-corrected chi connectivity index (χ3v) is 4.42. The highest BCUT2D eigenvalue weighted by Gasteiger charge is 2.37. The van der Waals surface area contributed by atoms with E-state index in [1.165, 1.54) is 14.7 Å². The van der Waals surface area contributed by atoms with E-state index in [9.17, 15) is 4.79 Å². The molecule has 0 saturated carbocycles. The van der Waals surface area contributed by atoms with E-state index in [0.29, 0.717) is 5.92 Å². The van der Waals surface area contributed by atoms with Gasteiger partial charge in [0.25, 0.3) is 0 Å². The number of rotatable bonds is 0. The number of halogens is 1. The summed E-state index contributed by atoms with van der Waals surface area (Å²) >= 11 is 2.43. The summed E-state index contributed by atoms with van der Waals surface area (Å²) in [6.45, 7) is 2.50. The maximum atomic E-state index is 11.6. The number of allylic oxidation sites excluding steroid dienone is 1. The summed E-state index contributed by atoms with van der Waals surface area (Å²) in [7, 11) is 0. The second-order valence-corrected chi connectivity index (χ2v) is 5.67. The lowest BCUT2D eigenvalue weighted by Crippen LogP contribution is -2.40. The number of carbonyl (C=O) groups is 1. The third kappa shape index (κ3) is 1.34. The van der Waals surface area contributed by atoms with Crippen molar-refractivity contribution < 1.29 is 4.79 Å². The first-order valence-electron chi connectivity index (χ1n) is 5.44. The van der Waals surface area contributed by atoms with Crippen molar-refractivity contribution in [3.05, 3.63) is 33.4 Å². The Bertz CT molecular complexity index is 506. The number of nitrogens with zero attached hydrogens (tertiary/aromatic N) is 1. The molecule has 3 rings (SSSR count). The summed E-state index contributed by atoms with van der Waals surface area (Å²) in [6, 6.07) is 8.22. The van der Waals surface area contributed by atoms with Gasteiger partial charge in [0.2, 0.25) is 5.91 Å². The zero-order chi connectivity index (χ0) is 11.3. The second-order valence-electron chi connectivity index (χ2n) is 4.37. The van der Waals surface area contributed by atoms with Gasteiger partial charge in [-0.05, 0) is 44.2 Å². The normalized spacial score (nSPS) is 22.4. The molecule has 16 heavy (non-hydrogen) atoms. The van der Waals surface area contributed by atoms with Crippen molar-refractivity contribution in [3.63, 3.8) is 0 Å². The van der Waals surface area contributed by atoms with E-state index in [1.54, 1.807) is 6.92 Å². The Balaban J connectivity index is 2.18. The van der Waals surface area contributed by atoms with Gasteiger partial charge in [0.05, 0.1) is 5.69 Å². The van der Waals surface area contributed by atoms with Crippen LogP contribution in [0.25, 0.3) is 5.57 Å². The van der Waals surface area contributed by atoms with Gasteiger partial charge in [0.1, 0.15) is 0 Å². The van der Waals surface area contributed by atoms with Crippen molar-refractivity contribution >= 4 is 39.8 Å². The van der Waals surface area contributed by atoms with E-state index in [0.717, 1.165) is 18.7 Å². The van der Waals surface area contributed by atoms with Crippen molar-refractivity contribution in [2.45, 2.75) is 13.3 Å². The lowest BCUT2D eigenvalue weighted by molar-refractivity contribution is -0.116. The molecule has 1 aliphatic carbocycles. The molecule has 2 nitrogen and oxygen atoms in total. The Morgan fingerprint density at radius 3 is 2.88 bits per heavy atom. The van der Waals surface area contributed by atoms with E-state index >= 15 is 0 Å². The third-order valence-electron chi connectivity index (χ3n) is 3.39. The SMILES string of the molecule is CC(=O)N1C[C@@H]2CC(I)=C2c2ccccc21. The molecule has 1 aromatic carbocycles. The van der Waals surface area contributed by atoms with Gasteiger partial charge < -0.3 is 4.90 Å². The van der Waals surface area contributed by atoms with E-state index in [2.05, 4.69) is 34.7 Å². The van der Waals surface area contributed by atoms with Crippen LogP contribution in [0.5, 0.6) is 0 Å². The quantitative estimate of drug-likeness (QED) is 0.671. The fraction of sp³-hybridized carbons (Fsp3) is 0.308. The minimum atomic E-state index is 0.147. The van der Waals surface area contributed by atoms with Crippen molar-refractivity contribution in [2.24, 2.45) is 5.92 Å². The molecule has 0 fully saturated rings. The van der Waals surface area contributed by atoms with Crippen LogP contribution < -0.4 is 4.90 Å². The van der Waals surface area contributed by atoms with E-state index in [-0.39, 0.29) is 5.91 Å². The molecule has 0 aromatic heterocycles. The number of fused-ring (bicyclic) bond motifs is 3. The molecule has 0 radical (unpaired) electrons. The molecule has 0 bridgehead atoms. The van der Waals surface area contributed by atoms with Gasteiger partial charge >= 0.3 is 0 Å². The molecule has 1 heterocycles. The Hall–Kier alpha value is -0.840. The van der Waals surface area contributed by atoms with Crippen LogP contribution >= 0.6 is 22.6 Å². The highest BCUT2D eigenvalue weighted by atomic mass is 127. The fourth-order valence-electron chi connectivity index (χ4n) is 2.59. The molecule has 1 aromatic rings. The van der Waals surface area contributed by atoms with Crippen LogP contribution in [0.1, 0.15) is 18.9 Å². The maximum Gasteiger partial charge on any atom is 0.223 e. The summed E-state index contributed by atoms with van der Waals surface area (Å²) in [5.74, 6) is 0.708. The standard InChI is InChI=1S/C13H12INO/c1-8(16)15-7-9-6-11(14)13(9)10-4-2-3-5-12(10)15/h2-5,9H,6-7H2,1H3/t9-/m0/s1. The van der Waals surface area contributed by atoms with Crippen LogP contribution in [-0.4, -0.2) is 12.5 Å². The van der Waals surface area contributed by atoms with Gasteiger partial charge in [-0.1, -0.05) is 18.2 Å². The highest BCUT2D eigenvalue weighted by molar-refractivity contribution is 14.1. The zero-order valence-corrected chi connectivity index (χ0v) is 11.2. The summed E-state index contributed by atoms with van der Waals surface area (Å²) in [6.07, 6.45) is 1.13. The first kappa shape index (κ1) is 10.3. The fourth-order valence-corrected chi connectivity index (χ4v) is 3.86. The van der Waals surface area contributed by atoms with Crippen molar-refractivity contribution in [2.75, 3.05) is 11.4 Å². The molecule has 1 aliphatic heterocycles. The van der Waals surface area contributed by atoms with Crippen molar-refractivity contribution in [3.8, 4) is 0 Å². The van der Waals surface area contributed by atoms with Crippen molar-refractivity contribution in [1.82, 2.24) is 0 Å². The highest BCUT2D eigenvalue weighted by Crippen LogP contribution is 2.51. The Morgan fingerprint density at radius 2 is 2.19 bits per heavy atom. The smallest absolute Gasteiger partial charge is 0.223 e. The molecule has 1 atom stereocenters. The lowest BCUT2D eigenvalue weighted by Gasteiger charge is -2.41. The first-order valence-corrected chi connectivity index (χ1v) is 6.52. The number of anilines is 1. The second kappa shape index (κ2) is 3.58. The lowest BCUT2D eigenvalue weighted by atomic mass is 9.76. The van der Waals surface area contributed by atoms with Gasteiger partial charge in [0.15, 0.2) is 0 Å². The number of amides is 1. The van der Waals surface area contributed by atoms with Gasteiger partial charge in [-0.2, -0.15) is 0 Å². The molecule has 3 heteroatoms. The van der Waals surface area contributed by atoms with Crippen LogP contribution in [0.15, 0.2) is 27.8 Å². The van der Waals surface area contributed by atoms with E-state index in [1.807, 2.05) is 17.0 Å². The molecular weight excluding hydrogens is 313 g/mol. The number of carbonyl (C=O) groups excluding carboxylic acids is 1. The van der Waals surface area contributed by atoms with E-state index in [4.69, 9.17) is 0 Å². The predicted molar refractivity (Wildman–Crippen MR) is 73.5 cm³/mol. The summed E-state index contributed by atoms with van der Waals surface area (Å²) in [4.78, 5) is 13.5. The summed E-state index contributed by atoms with van der Waals surface area (Å²) in [5.41, 5.74) is 3.80. The van der Waals surface area contributed by atoms with Crippen LogP contribution in [0.2, 0.25) is 0 Å². The van der Waals surface area contributed by atoms with Gasteiger partial charge in [-0.3, -0.25) is 4.79 Å². The Morgan fingerprint density at radius 1 is 1.44 bits per heavy atom. The molecule has 1 amide bonds. The molecule has 0 N–H and O–H groups in total. The van der Waals surface area contributed by atoms with Crippen LogP contribution in [-0.2, 0) is 4.79 Å². The summed E-state index contributed by atoms with van der Waals surface area (Å²) in [5, 5.41) is 0. The van der Waals surface area contributed by atoms with Crippen LogP contribution in [0.4, 0.5) is 5.69 Å². The van der Waals surface area contributed by atoms with Crippen LogP contribution in [0.3, 0.4) is 0 Å². The zero-order valence-electron chi connectivity index (χ0n) is 9.03. The molecule has 0 spiro atoms. The maximum absolute atomic E-state index is 11.6. The molecule has 0 saturated heterocycles. The number of hydrogen-bond donors (Lipinski definition) is 0. The minimum Gasteiger partial charge on any atom is -0.311 e. The number of benzene rings is 1. The van der Waals surface area contributed by atoms with Gasteiger partial charge in [-0.25, -0.2) is 0 Å². The molecule has 82 valence electrons. The average molecular weight is 325 g/mol.